The highest BCUT2D eigenvalue weighted by molar-refractivity contribution is 5.97. The smallest absolute Gasteiger partial charge is 0.230 e. The van der Waals surface area contributed by atoms with Gasteiger partial charge in [0, 0.05) is 19.5 Å². The first-order valence-electron chi connectivity index (χ1n) is 9.26. The number of carbonyl (C=O) groups is 2. The maximum Gasteiger partial charge on any atom is 0.230 e. The van der Waals surface area contributed by atoms with Crippen LogP contribution in [0.4, 0.5) is 5.82 Å². The van der Waals surface area contributed by atoms with Crippen LogP contribution in [0.25, 0.3) is 5.69 Å². The highest BCUT2D eigenvalue weighted by Crippen LogP contribution is 2.23. The van der Waals surface area contributed by atoms with Crippen LogP contribution in [0.1, 0.15) is 18.4 Å². The van der Waals surface area contributed by atoms with Crippen molar-refractivity contribution in [2.45, 2.75) is 12.8 Å². The topological polar surface area (TPSA) is 94.3 Å². The lowest BCUT2D eigenvalue weighted by Crippen LogP contribution is -2.31. The highest BCUT2D eigenvalue weighted by atomic mass is 16.2. The van der Waals surface area contributed by atoms with Crippen molar-refractivity contribution in [3.05, 3.63) is 42.1 Å². The second-order valence-corrected chi connectivity index (χ2v) is 7.15. The summed E-state index contributed by atoms with van der Waals surface area (Å²) in [5.41, 5.74) is 1.02. The fourth-order valence-corrected chi connectivity index (χ4v) is 3.28. The normalized spacial score (nSPS) is 16.4. The van der Waals surface area contributed by atoms with Crippen LogP contribution in [-0.4, -0.2) is 65.1 Å². The van der Waals surface area contributed by atoms with Gasteiger partial charge in [0.2, 0.25) is 11.8 Å². The number of anilines is 1. The molecule has 2 aromatic rings. The van der Waals surface area contributed by atoms with Crippen molar-refractivity contribution >= 4 is 17.6 Å². The Morgan fingerprint density at radius 3 is 2.79 bits per heavy atom. The molecule has 0 radical (unpaired) electrons. The van der Waals surface area contributed by atoms with Gasteiger partial charge in [-0.25, -0.2) is 4.68 Å². The number of amides is 2. The van der Waals surface area contributed by atoms with E-state index in [1.54, 1.807) is 4.90 Å². The van der Waals surface area contributed by atoms with Gasteiger partial charge in [-0.15, -0.1) is 0 Å². The molecule has 1 N–H and O–H groups in total. The summed E-state index contributed by atoms with van der Waals surface area (Å²) in [7, 11) is 3.98. The van der Waals surface area contributed by atoms with Crippen LogP contribution in [0.3, 0.4) is 0 Å². The average molecular weight is 380 g/mol. The number of hydrogen-bond acceptors (Lipinski definition) is 5. The molecule has 3 rings (SSSR count). The van der Waals surface area contributed by atoms with Crippen molar-refractivity contribution in [3.63, 3.8) is 0 Å². The lowest BCUT2D eigenvalue weighted by molar-refractivity contribution is -0.128. The maximum atomic E-state index is 12.8. The molecular weight excluding hydrogens is 356 g/mol. The lowest BCUT2D eigenvalue weighted by Gasteiger charge is -2.18. The van der Waals surface area contributed by atoms with Gasteiger partial charge in [-0.1, -0.05) is 18.2 Å². The zero-order valence-electron chi connectivity index (χ0n) is 16.1. The Balaban J connectivity index is 1.69. The highest BCUT2D eigenvalue weighted by Gasteiger charge is 2.34. The van der Waals surface area contributed by atoms with E-state index in [2.05, 4.69) is 21.4 Å². The van der Waals surface area contributed by atoms with Gasteiger partial charge in [0.25, 0.3) is 0 Å². The molecule has 2 amide bonds. The number of nitriles is 1. The Bertz CT molecular complexity index is 884. The summed E-state index contributed by atoms with van der Waals surface area (Å²) < 4.78 is 1.53. The van der Waals surface area contributed by atoms with E-state index < -0.39 is 5.92 Å². The number of carbonyl (C=O) groups excluding carboxylic acids is 2. The fraction of sp³-hybridized carbons (Fsp3) is 0.400. The van der Waals surface area contributed by atoms with E-state index in [-0.39, 0.29) is 23.8 Å². The van der Waals surface area contributed by atoms with E-state index >= 15 is 0 Å². The van der Waals surface area contributed by atoms with Crippen LogP contribution in [0.15, 0.2) is 36.5 Å². The number of hydrogen-bond donors (Lipinski definition) is 1. The lowest BCUT2D eigenvalue weighted by atomic mass is 10.1. The van der Waals surface area contributed by atoms with Crippen molar-refractivity contribution in [2.24, 2.45) is 5.92 Å². The molecule has 1 fully saturated rings. The van der Waals surface area contributed by atoms with Gasteiger partial charge < -0.3 is 15.1 Å². The van der Waals surface area contributed by atoms with Gasteiger partial charge in [-0.05, 0) is 39.2 Å². The van der Waals surface area contributed by atoms with E-state index in [9.17, 15) is 14.9 Å². The zero-order chi connectivity index (χ0) is 20.1. The molecule has 1 aliphatic heterocycles. The summed E-state index contributed by atoms with van der Waals surface area (Å²) >= 11 is 0. The van der Waals surface area contributed by atoms with Crippen LogP contribution in [-0.2, 0) is 9.59 Å². The molecule has 8 heteroatoms. The second-order valence-electron chi connectivity index (χ2n) is 7.15. The van der Waals surface area contributed by atoms with Crippen LogP contribution in [0.5, 0.6) is 0 Å². The maximum absolute atomic E-state index is 12.8. The molecule has 1 aliphatic rings. The van der Waals surface area contributed by atoms with Gasteiger partial charge in [0.05, 0.1) is 17.8 Å². The van der Waals surface area contributed by atoms with E-state index in [0.717, 1.165) is 18.7 Å². The molecule has 28 heavy (non-hydrogen) atoms. The summed E-state index contributed by atoms with van der Waals surface area (Å²) in [5.74, 6) is -0.372. The van der Waals surface area contributed by atoms with Gasteiger partial charge in [0.1, 0.15) is 11.6 Å². The Morgan fingerprint density at radius 2 is 2.11 bits per heavy atom. The minimum atomic E-state index is -0.433. The van der Waals surface area contributed by atoms with Gasteiger partial charge in [0.15, 0.2) is 5.82 Å². The van der Waals surface area contributed by atoms with Crippen LogP contribution >= 0.6 is 0 Å². The summed E-state index contributed by atoms with van der Waals surface area (Å²) in [5, 5.41) is 16.4. The predicted molar refractivity (Wildman–Crippen MR) is 105 cm³/mol. The van der Waals surface area contributed by atoms with E-state index in [1.807, 2.05) is 44.4 Å². The van der Waals surface area contributed by atoms with Crippen LogP contribution in [0, 0.1) is 17.2 Å². The van der Waals surface area contributed by atoms with Crippen molar-refractivity contribution < 1.29 is 9.59 Å². The molecule has 2 heterocycles. The minimum absolute atomic E-state index is 0.00372. The van der Waals surface area contributed by atoms with E-state index in [0.29, 0.717) is 18.9 Å². The summed E-state index contributed by atoms with van der Waals surface area (Å²) in [6, 6.07) is 11.3. The molecule has 0 spiro atoms. The number of nitrogens with zero attached hydrogens (tertiary/aromatic N) is 5. The first-order valence-corrected chi connectivity index (χ1v) is 9.26. The third kappa shape index (κ3) is 4.38. The van der Waals surface area contributed by atoms with Crippen molar-refractivity contribution in [2.75, 3.05) is 39.0 Å². The second kappa shape index (κ2) is 8.67. The molecule has 146 valence electrons. The third-order valence-corrected chi connectivity index (χ3v) is 4.75. The SMILES string of the molecule is CN(C)CCCN1CC(C(=O)Nc2c(C#N)cnn2-c2ccccc2)CC1=O. The number of benzene rings is 1. The quantitative estimate of drug-likeness (QED) is 0.785. The third-order valence-electron chi connectivity index (χ3n) is 4.75. The van der Waals surface area contributed by atoms with E-state index in [1.165, 1.54) is 10.9 Å². The summed E-state index contributed by atoms with van der Waals surface area (Å²) in [6.07, 6.45) is 2.48. The summed E-state index contributed by atoms with van der Waals surface area (Å²) in [4.78, 5) is 28.8. The molecule has 1 unspecified atom stereocenters. The Labute approximate surface area is 164 Å². The van der Waals surface area contributed by atoms with Crippen LogP contribution in [0.2, 0.25) is 0 Å². The predicted octanol–water partition coefficient (Wildman–Crippen LogP) is 1.48. The van der Waals surface area contributed by atoms with Crippen LogP contribution < -0.4 is 5.32 Å². The molecular formula is C20H24N6O2. The number of rotatable bonds is 7. The number of aromatic nitrogens is 2. The van der Waals surface area contributed by atoms with Crippen molar-refractivity contribution in [3.8, 4) is 11.8 Å². The zero-order valence-corrected chi connectivity index (χ0v) is 16.1. The van der Waals surface area contributed by atoms with Gasteiger partial charge >= 0.3 is 0 Å². The Morgan fingerprint density at radius 1 is 1.36 bits per heavy atom. The molecule has 0 bridgehead atoms. The molecule has 0 saturated carbocycles. The largest absolute Gasteiger partial charge is 0.342 e. The molecule has 1 atom stereocenters. The fourth-order valence-electron chi connectivity index (χ4n) is 3.28. The summed E-state index contributed by atoms with van der Waals surface area (Å²) in [6.45, 7) is 1.94. The standard InChI is InChI=1S/C20H24N6O2/c1-24(2)9-6-10-25-14-15(11-18(25)27)20(28)23-19-16(12-21)13-22-26(19)17-7-4-3-5-8-17/h3-5,7-8,13,15H,6,9-11,14H2,1-2H3,(H,23,28). The average Bonchev–Trinajstić information content (AvgIpc) is 3.25. The first kappa shape index (κ1) is 19.6. The van der Waals surface area contributed by atoms with Crippen molar-refractivity contribution in [1.82, 2.24) is 19.6 Å². The minimum Gasteiger partial charge on any atom is -0.342 e. The molecule has 1 aromatic heterocycles. The number of para-hydroxylation sites is 1. The monoisotopic (exact) mass is 380 g/mol. The molecule has 0 aliphatic carbocycles. The number of nitrogens with one attached hydrogen (secondary N) is 1. The first-order chi connectivity index (χ1) is 13.5. The Kier molecular flexibility index (Phi) is 6.06. The molecule has 1 aromatic carbocycles. The molecule has 8 nitrogen and oxygen atoms in total. The molecule has 1 saturated heterocycles. The van der Waals surface area contributed by atoms with Crippen molar-refractivity contribution in [1.29, 1.82) is 5.26 Å². The Hall–Kier alpha value is -3.18. The van der Waals surface area contributed by atoms with Gasteiger partial charge in [-0.3, -0.25) is 9.59 Å². The van der Waals surface area contributed by atoms with E-state index in [4.69, 9.17) is 0 Å². The number of likely N-dealkylation sites (tertiary alicyclic amines) is 1. The van der Waals surface area contributed by atoms with Gasteiger partial charge in [-0.2, -0.15) is 10.4 Å².